The number of amides is 1. The van der Waals surface area contributed by atoms with Gasteiger partial charge in [0.2, 0.25) is 5.91 Å². The highest BCUT2D eigenvalue weighted by atomic mass is 35.5. The number of carbonyl (C=O) groups is 2. The fourth-order valence-electron chi connectivity index (χ4n) is 9.42. The number of nitrogens with one attached hydrogen (secondary N) is 1. The highest BCUT2D eigenvalue weighted by molar-refractivity contribution is 6.37. The SMILES string of the molecule is COCCCc1cc(CN(C(=O)[C@H]2CNCC[C@@H]2c2ccc(OCCOc3c(Cl)cc(C)cc3Cl)cc2)C2CC2)cc(OC[C@@H]2C[C@]2(C(=O)O)c2ccc3c(c2)CCC3)c1. The maximum absolute atomic E-state index is 14.7. The van der Waals surface area contributed by atoms with E-state index in [0.717, 1.165) is 97.2 Å². The van der Waals surface area contributed by atoms with Crippen LogP contribution in [0, 0.1) is 18.8 Å². The molecule has 0 bridgehead atoms. The summed E-state index contributed by atoms with van der Waals surface area (Å²) in [6, 6.07) is 24.5. The predicted octanol–water partition coefficient (Wildman–Crippen LogP) is 9.13. The number of hydrogen-bond donors (Lipinski definition) is 2. The summed E-state index contributed by atoms with van der Waals surface area (Å²) < 4.78 is 23.7. The molecule has 9 nitrogen and oxygen atoms in total. The molecule has 8 rings (SSSR count). The van der Waals surface area contributed by atoms with Crippen molar-refractivity contribution in [1.82, 2.24) is 10.2 Å². The number of benzene rings is 4. The first-order valence-corrected chi connectivity index (χ1v) is 22.3. The van der Waals surface area contributed by atoms with Gasteiger partial charge in [-0.25, -0.2) is 0 Å². The number of fused-ring (bicyclic) bond motifs is 1. The lowest BCUT2D eigenvalue weighted by Gasteiger charge is -2.36. The van der Waals surface area contributed by atoms with Crippen molar-refractivity contribution in [3.63, 3.8) is 0 Å². The third kappa shape index (κ3) is 9.60. The molecular formula is C49H56Cl2N2O7. The lowest BCUT2D eigenvalue weighted by molar-refractivity contribution is -0.140. The highest BCUT2D eigenvalue weighted by Gasteiger charge is 2.62. The molecule has 1 amide bonds. The molecule has 3 aliphatic carbocycles. The van der Waals surface area contributed by atoms with E-state index in [-0.39, 0.29) is 36.3 Å². The molecule has 4 aliphatic rings. The Morgan fingerprint density at radius 1 is 0.850 bits per heavy atom. The second-order valence-corrected chi connectivity index (χ2v) is 17.9. The van der Waals surface area contributed by atoms with Gasteiger partial charge in [0.05, 0.1) is 28.0 Å². The summed E-state index contributed by atoms with van der Waals surface area (Å²) in [5.41, 5.74) is 6.85. The quantitative estimate of drug-likeness (QED) is 0.0901. The third-order valence-electron chi connectivity index (χ3n) is 12.9. The summed E-state index contributed by atoms with van der Waals surface area (Å²) >= 11 is 12.7. The Labute approximate surface area is 363 Å². The Kier molecular flexibility index (Phi) is 13.3. The van der Waals surface area contributed by atoms with E-state index in [1.165, 1.54) is 11.1 Å². The van der Waals surface area contributed by atoms with E-state index in [4.69, 9.17) is 42.1 Å². The molecule has 4 atom stereocenters. The van der Waals surface area contributed by atoms with Crippen LogP contribution in [0.1, 0.15) is 83.4 Å². The fraction of sp³-hybridized carbons (Fsp3) is 0.469. The maximum Gasteiger partial charge on any atom is 0.314 e. The minimum atomic E-state index is -0.912. The maximum atomic E-state index is 14.7. The van der Waals surface area contributed by atoms with E-state index in [0.29, 0.717) is 55.1 Å². The molecule has 60 heavy (non-hydrogen) atoms. The lowest BCUT2D eigenvalue weighted by atomic mass is 9.80. The Hall–Kier alpha value is -4.28. The van der Waals surface area contributed by atoms with Crippen LogP contribution in [-0.4, -0.2) is 74.6 Å². The smallest absolute Gasteiger partial charge is 0.314 e. The number of hydrogen-bond acceptors (Lipinski definition) is 7. The molecule has 1 aliphatic heterocycles. The Bertz CT molecular complexity index is 2150. The predicted molar refractivity (Wildman–Crippen MR) is 234 cm³/mol. The first-order chi connectivity index (χ1) is 29.1. The fourth-order valence-corrected chi connectivity index (χ4v) is 10.1. The van der Waals surface area contributed by atoms with Crippen molar-refractivity contribution in [2.24, 2.45) is 11.8 Å². The van der Waals surface area contributed by atoms with Crippen LogP contribution in [0.5, 0.6) is 17.2 Å². The second kappa shape index (κ2) is 18.8. The summed E-state index contributed by atoms with van der Waals surface area (Å²) in [5.74, 6) is 1.04. The molecule has 2 N–H and O–H groups in total. The molecule has 11 heteroatoms. The van der Waals surface area contributed by atoms with Crippen molar-refractivity contribution in [2.45, 2.75) is 88.6 Å². The minimum absolute atomic E-state index is 0.0705. The van der Waals surface area contributed by atoms with Crippen LogP contribution in [-0.2, 0) is 45.5 Å². The number of aryl methyl sites for hydroxylation is 4. The number of carboxylic acid groups (broad SMARTS) is 1. The number of methoxy groups -OCH3 is 1. The summed E-state index contributed by atoms with van der Waals surface area (Å²) in [6.07, 6.45) is 8.28. The van der Waals surface area contributed by atoms with Gasteiger partial charge in [-0.15, -0.1) is 0 Å². The van der Waals surface area contributed by atoms with Gasteiger partial charge in [-0.3, -0.25) is 9.59 Å². The van der Waals surface area contributed by atoms with Crippen LogP contribution in [0.2, 0.25) is 10.0 Å². The van der Waals surface area contributed by atoms with E-state index in [1.54, 1.807) is 7.11 Å². The summed E-state index contributed by atoms with van der Waals surface area (Å²) in [6.45, 7) is 5.46. The number of halogens is 2. The lowest BCUT2D eigenvalue weighted by Crippen LogP contribution is -2.47. The van der Waals surface area contributed by atoms with Gasteiger partial charge in [0.15, 0.2) is 5.75 Å². The van der Waals surface area contributed by atoms with Gasteiger partial charge < -0.3 is 34.3 Å². The van der Waals surface area contributed by atoms with Crippen LogP contribution < -0.4 is 19.5 Å². The molecule has 0 spiro atoms. The molecule has 1 heterocycles. The molecule has 2 saturated carbocycles. The van der Waals surface area contributed by atoms with Crippen molar-refractivity contribution >= 4 is 35.1 Å². The van der Waals surface area contributed by atoms with Crippen molar-refractivity contribution in [3.05, 3.63) is 122 Å². The minimum Gasteiger partial charge on any atom is -0.493 e. The molecule has 3 fully saturated rings. The first kappa shape index (κ1) is 42.4. The van der Waals surface area contributed by atoms with Crippen molar-refractivity contribution in [3.8, 4) is 17.2 Å². The number of carbonyl (C=O) groups excluding carboxylic acids is 1. The van der Waals surface area contributed by atoms with E-state index < -0.39 is 11.4 Å². The molecule has 4 aromatic rings. The number of carboxylic acids is 1. The van der Waals surface area contributed by atoms with E-state index in [2.05, 4.69) is 46.6 Å². The number of piperidine rings is 1. The van der Waals surface area contributed by atoms with E-state index in [9.17, 15) is 14.7 Å². The van der Waals surface area contributed by atoms with Gasteiger partial charge in [-0.1, -0.05) is 59.6 Å². The summed E-state index contributed by atoms with van der Waals surface area (Å²) in [7, 11) is 1.71. The zero-order chi connectivity index (χ0) is 41.8. The number of rotatable bonds is 19. The van der Waals surface area contributed by atoms with Gasteiger partial charge in [0.25, 0.3) is 0 Å². The third-order valence-corrected chi connectivity index (χ3v) is 13.4. The number of nitrogens with zero attached hydrogens (tertiary/aromatic N) is 1. The standard InChI is InChI=1S/C49H56Cl2N2O7/c1-31-21-44(50)46(45(51)22-31)59-20-19-58-40-14-9-35(10-15-40)42-16-17-52-28-43(42)47(54)53(39-12-13-39)29-33-23-32(5-4-18-57-2)24-41(25-33)60-30-38-27-49(38,48(55)56)37-11-8-34-6-3-7-36(34)26-37/h8-11,14-15,21-26,38-39,42-43,52H,3-7,12-13,16-20,27-30H2,1-2H3,(H,55,56)/t38-,42+,43-,49-/m0/s1. The van der Waals surface area contributed by atoms with Crippen LogP contribution in [0.4, 0.5) is 0 Å². The Balaban J connectivity index is 0.929. The second-order valence-electron chi connectivity index (χ2n) is 17.1. The number of aliphatic carboxylic acids is 1. The van der Waals surface area contributed by atoms with Crippen molar-refractivity contribution < 1.29 is 33.6 Å². The number of ether oxygens (including phenoxy) is 4. The molecule has 1 saturated heterocycles. The van der Waals surface area contributed by atoms with Crippen LogP contribution in [0.15, 0.2) is 72.8 Å². The summed E-state index contributed by atoms with van der Waals surface area (Å²) in [5, 5.41) is 14.9. The topological polar surface area (TPSA) is 107 Å². The molecule has 0 aromatic heterocycles. The molecule has 318 valence electrons. The van der Waals surface area contributed by atoms with Crippen molar-refractivity contribution in [1.29, 1.82) is 0 Å². The average Bonchev–Trinajstić information content (AvgIpc) is 4.17. The van der Waals surface area contributed by atoms with Gasteiger partial charge in [-0.2, -0.15) is 0 Å². The average molecular weight is 856 g/mol. The Morgan fingerprint density at radius 2 is 1.60 bits per heavy atom. The van der Waals surface area contributed by atoms with E-state index in [1.807, 2.05) is 43.3 Å². The molecular weight excluding hydrogens is 799 g/mol. The molecule has 0 unspecified atom stereocenters. The zero-order valence-electron chi connectivity index (χ0n) is 34.7. The van der Waals surface area contributed by atoms with Gasteiger partial charge in [0.1, 0.15) is 24.7 Å². The van der Waals surface area contributed by atoms with Gasteiger partial charge in [0, 0.05) is 38.8 Å². The van der Waals surface area contributed by atoms with Crippen molar-refractivity contribution in [2.75, 3.05) is 46.6 Å². The van der Waals surface area contributed by atoms with Crippen LogP contribution in [0.3, 0.4) is 0 Å². The largest absolute Gasteiger partial charge is 0.493 e. The van der Waals surface area contributed by atoms with Crippen LogP contribution in [0.25, 0.3) is 0 Å². The normalized spacial score (nSPS) is 21.9. The van der Waals surface area contributed by atoms with Gasteiger partial charge >= 0.3 is 5.97 Å². The Morgan fingerprint density at radius 3 is 2.35 bits per heavy atom. The highest BCUT2D eigenvalue weighted by Crippen LogP contribution is 2.55. The van der Waals surface area contributed by atoms with Gasteiger partial charge in [-0.05, 0) is 153 Å². The summed E-state index contributed by atoms with van der Waals surface area (Å²) in [4.78, 5) is 29.5. The first-order valence-electron chi connectivity index (χ1n) is 21.6. The molecule has 0 radical (unpaired) electrons. The van der Waals surface area contributed by atoms with E-state index >= 15 is 0 Å². The monoisotopic (exact) mass is 854 g/mol. The van der Waals surface area contributed by atoms with Crippen LogP contribution >= 0.6 is 23.2 Å². The molecule has 4 aromatic carbocycles. The zero-order valence-corrected chi connectivity index (χ0v) is 36.2.